The van der Waals surface area contributed by atoms with Crippen LogP contribution < -0.4 is 11.1 Å². The van der Waals surface area contributed by atoms with Crippen molar-refractivity contribution in [2.45, 2.75) is 33.2 Å². The Morgan fingerprint density at radius 1 is 1.32 bits per heavy atom. The fourth-order valence-corrected chi connectivity index (χ4v) is 1.42. The minimum atomic E-state index is -1.08. The number of carboxylic acids is 1. The number of hydrogen-bond acceptors (Lipinski definition) is 4. The molecule has 4 N–H and O–H groups in total. The van der Waals surface area contributed by atoms with Crippen LogP contribution in [-0.4, -0.2) is 53.5 Å². The third kappa shape index (κ3) is 6.76. The van der Waals surface area contributed by atoms with Gasteiger partial charge in [-0.25, -0.2) is 0 Å². The van der Waals surface area contributed by atoms with Gasteiger partial charge in [-0.15, -0.1) is 0 Å². The van der Waals surface area contributed by atoms with Crippen molar-refractivity contribution in [2.24, 2.45) is 11.7 Å². The molecule has 0 unspecified atom stereocenters. The number of amides is 2. The van der Waals surface area contributed by atoms with Gasteiger partial charge in [0.15, 0.2) is 0 Å². The Kier molecular flexibility index (Phi) is 7.74. The summed E-state index contributed by atoms with van der Waals surface area (Å²) in [6.07, 6.45) is 0.651. The van der Waals surface area contributed by atoms with Gasteiger partial charge in [0.05, 0.1) is 12.6 Å². The van der Waals surface area contributed by atoms with E-state index >= 15 is 0 Å². The molecule has 0 aliphatic carbocycles. The average Bonchev–Trinajstić information content (AvgIpc) is 2.33. The summed E-state index contributed by atoms with van der Waals surface area (Å²) in [5, 5.41) is 11.1. The van der Waals surface area contributed by atoms with Gasteiger partial charge in [0, 0.05) is 6.54 Å². The molecule has 0 aliphatic heterocycles. The maximum atomic E-state index is 11.8. The van der Waals surface area contributed by atoms with Crippen molar-refractivity contribution in [2.75, 3.05) is 19.6 Å². The van der Waals surface area contributed by atoms with Crippen molar-refractivity contribution in [1.29, 1.82) is 0 Å². The number of nitrogens with one attached hydrogen (secondary N) is 1. The van der Waals surface area contributed by atoms with E-state index in [1.54, 1.807) is 13.8 Å². The van der Waals surface area contributed by atoms with Crippen LogP contribution in [0.25, 0.3) is 0 Å². The monoisotopic (exact) mass is 273 g/mol. The number of carboxylic acid groups (broad SMARTS) is 1. The van der Waals surface area contributed by atoms with Crippen molar-refractivity contribution in [3.8, 4) is 0 Å². The van der Waals surface area contributed by atoms with E-state index in [-0.39, 0.29) is 19.0 Å². The highest BCUT2D eigenvalue weighted by Gasteiger charge is 2.20. The second kappa shape index (κ2) is 8.47. The predicted octanol–water partition coefficient (Wildman–Crippen LogP) is -0.591. The molecule has 0 spiro atoms. The highest BCUT2D eigenvalue weighted by molar-refractivity contribution is 5.88. The van der Waals surface area contributed by atoms with Gasteiger partial charge in [-0.05, 0) is 12.3 Å². The Hall–Kier alpha value is -1.63. The molecule has 0 fully saturated rings. The van der Waals surface area contributed by atoms with Crippen LogP contribution in [0.15, 0.2) is 0 Å². The Morgan fingerprint density at radius 3 is 2.32 bits per heavy atom. The van der Waals surface area contributed by atoms with E-state index in [0.717, 1.165) is 0 Å². The van der Waals surface area contributed by atoms with E-state index < -0.39 is 23.8 Å². The number of rotatable bonds is 8. The molecule has 19 heavy (non-hydrogen) atoms. The Labute approximate surface area is 113 Å². The summed E-state index contributed by atoms with van der Waals surface area (Å²) in [6, 6.07) is -0.674. The smallest absolute Gasteiger partial charge is 0.323 e. The molecule has 2 amide bonds. The molecule has 0 rings (SSSR count). The van der Waals surface area contributed by atoms with Crippen LogP contribution in [0.3, 0.4) is 0 Å². The van der Waals surface area contributed by atoms with Crippen LogP contribution in [0.1, 0.15) is 27.2 Å². The first kappa shape index (κ1) is 17.4. The zero-order valence-electron chi connectivity index (χ0n) is 11.7. The topological polar surface area (TPSA) is 113 Å². The van der Waals surface area contributed by atoms with Gasteiger partial charge in [0.2, 0.25) is 11.8 Å². The third-order valence-corrected chi connectivity index (χ3v) is 2.61. The Morgan fingerprint density at radius 2 is 1.89 bits per heavy atom. The molecule has 0 radical (unpaired) electrons. The first-order valence-corrected chi connectivity index (χ1v) is 6.32. The summed E-state index contributed by atoms with van der Waals surface area (Å²) in [7, 11) is 0. The van der Waals surface area contributed by atoms with E-state index in [2.05, 4.69) is 5.32 Å². The fraction of sp³-hybridized carbons (Fsp3) is 0.750. The summed E-state index contributed by atoms with van der Waals surface area (Å²) in [6.45, 7) is 5.21. The van der Waals surface area contributed by atoms with E-state index in [4.69, 9.17) is 10.8 Å². The summed E-state index contributed by atoms with van der Waals surface area (Å²) in [5.41, 5.74) is 5.63. The number of aliphatic carboxylic acids is 1. The Balaban J connectivity index is 4.33. The van der Waals surface area contributed by atoms with Gasteiger partial charge in [0.25, 0.3) is 0 Å². The highest BCUT2D eigenvalue weighted by atomic mass is 16.4. The highest BCUT2D eigenvalue weighted by Crippen LogP contribution is 1.98. The molecular formula is C12H23N3O4. The minimum absolute atomic E-state index is 0.0270. The molecule has 0 saturated heterocycles. The van der Waals surface area contributed by atoms with Crippen LogP contribution in [0.2, 0.25) is 0 Å². The molecule has 0 bridgehead atoms. The maximum absolute atomic E-state index is 11.8. The molecule has 0 heterocycles. The SMILES string of the molecule is CCCN(CC(=O)O)C(=O)CNC(=O)[C@@H](N)C(C)C. The lowest BCUT2D eigenvalue weighted by Crippen LogP contribution is -2.48. The molecule has 0 aromatic rings. The largest absolute Gasteiger partial charge is 0.480 e. The molecular weight excluding hydrogens is 250 g/mol. The van der Waals surface area contributed by atoms with E-state index in [1.165, 1.54) is 4.90 Å². The van der Waals surface area contributed by atoms with E-state index in [1.807, 2.05) is 6.92 Å². The van der Waals surface area contributed by atoms with Gasteiger partial charge >= 0.3 is 5.97 Å². The molecule has 0 saturated carbocycles. The van der Waals surface area contributed by atoms with Gasteiger partial charge in [0.1, 0.15) is 6.54 Å². The number of carbonyl (C=O) groups is 3. The number of nitrogens with zero attached hydrogens (tertiary/aromatic N) is 1. The maximum Gasteiger partial charge on any atom is 0.323 e. The van der Waals surface area contributed by atoms with Crippen molar-refractivity contribution in [3.05, 3.63) is 0 Å². The van der Waals surface area contributed by atoms with Crippen LogP contribution in [0, 0.1) is 5.92 Å². The van der Waals surface area contributed by atoms with Gasteiger partial charge in [-0.1, -0.05) is 20.8 Å². The minimum Gasteiger partial charge on any atom is -0.480 e. The molecule has 1 atom stereocenters. The molecule has 0 aromatic heterocycles. The molecule has 110 valence electrons. The standard InChI is InChI=1S/C12H23N3O4/c1-4-5-15(7-10(17)18)9(16)6-14-12(19)11(13)8(2)3/h8,11H,4-7,13H2,1-3H3,(H,14,19)(H,17,18)/t11-/m0/s1. The average molecular weight is 273 g/mol. The van der Waals surface area contributed by atoms with E-state index in [0.29, 0.717) is 13.0 Å². The van der Waals surface area contributed by atoms with Crippen molar-refractivity contribution in [3.63, 3.8) is 0 Å². The van der Waals surface area contributed by atoms with Crippen molar-refractivity contribution >= 4 is 17.8 Å². The van der Waals surface area contributed by atoms with Crippen LogP contribution >= 0.6 is 0 Å². The summed E-state index contributed by atoms with van der Waals surface area (Å²) < 4.78 is 0. The third-order valence-electron chi connectivity index (χ3n) is 2.61. The summed E-state index contributed by atoms with van der Waals surface area (Å²) in [4.78, 5) is 35.2. The van der Waals surface area contributed by atoms with Crippen LogP contribution in [0.4, 0.5) is 0 Å². The van der Waals surface area contributed by atoms with Crippen molar-refractivity contribution in [1.82, 2.24) is 10.2 Å². The molecule has 7 nitrogen and oxygen atoms in total. The lowest BCUT2D eigenvalue weighted by Gasteiger charge is -2.21. The second-order valence-corrected chi connectivity index (χ2v) is 4.70. The Bertz CT molecular complexity index is 331. The predicted molar refractivity (Wildman–Crippen MR) is 70.3 cm³/mol. The molecule has 0 aliphatic rings. The first-order chi connectivity index (χ1) is 8.79. The lowest BCUT2D eigenvalue weighted by molar-refractivity contribution is -0.144. The van der Waals surface area contributed by atoms with Crippen LogP contribution in [0.5, 0.6) is 0 Å². The first-order valence-electron chi connectivity index (χ1n) is 6.32. The number of carbonyl (C=O) groups excluding carboxylic acids is 2. The van der Waals surface area contributed by atoms with Gasteiger partial charge in [-0.3, -0.25) is 14.4 Å². The van der Waals surface area contributed by atoms with E-state index in [9.17, 15) is 14.4 Å². The zero-order valence-corrected chi connectivity index (χ0v) is 11.7. The zero-order chi connectivity index (χ0) is 15.0. The van der Waals surface area contributed by atoms with Gasteiger partial charge in [-0.2, -0.15) is 0 Å². The summed E-state index contributed by atoms with van der Waals surface area (Å²) >= 11 is 0. The lowest BCUT2D eigenvalue weighted by atomic mass is 10.1. The quantitative estimate of drug-likeness (QED) is 0.547. The fourth-order valence-electron chi connectivity index (χ4n) is 1.42. The van der Waals surface area contributed by atoms with Gasteiger partial charge < -0.3 is 21.1 Å². The normalized spacial score (nSPS) is 12.1. The second-order valence-electron chi connectivity index (χ2n) is 4.70. The van der Waals surface area contributed by atoms with Crippen LogP contribution in [-0.2, 0) is 14.4 Å². The molecule has 7 heteroatoms. The number of nitrogens with two attached hydrogens (primary N) is 1. The van der Waals surface area contributed by atoms with Crippen molar-refractivity contribution < 1.29 is 19.5 Å². The molecule has 0 aromatic carbocycles. The summed E-state index contributed by atoms with van der Waals surface area (Å²) in [5.74, 6) is -1.93. The number of hydrogen-bond donors (Lipinski definition) is 3.